The maximum absolute atomic E-state index is 12.0. The van der Waals surface area contributed by atoms with E-state index < -0.39 is 0 Å². The van der Waals surface area contributed by atoms with Crippen molar-refractivity contribution in [2.24, 2.45) is 5.92 Å². The monoisotopic (exact) mass is 312 g/mol. The van der Waals surface area contributed by atoms with Crippen molar-refractivity contribution in [3.8, 4) is 5.69 Å². The molecule has 0 unspecified atom stereocenters. The molecule has 23 heavy (non-hydrogen) atoms. The van der Waals surface area contributed by atoms with Gasteiger partial charge in [0.15, 0.2) is 0 Å². The van der Waals surface area contributed by atoms with Crippen LogP contribution in [0, 0.1) is 5.92 Å². The van der Waals surface area contributed by atoms with E-state index in [4.69, 9.17) is 0 Å². The average Bonchev–Trinajstić information content (AvgIpc) is 3.05. The van der Waals surface area contributed by atoms with Crippen LogP contribution in [0.2, 0.25) is 0 Å². The Bertz CT molecular complexity index is 671. The molecule has 0 aliphatic carbocycles. The lowest BCUT2D eigenvalue weighted by Crippen LogP contribution is -2.43. The number of nitrogens with one attached hydrogen (secondary N) is 2. The van der Waals surface area contributed by atoms with Gasteiger partial charge in [-0.15, -0.1) is 0 Å². The first kappa shape index (κ1) is 15.3. The van der Waals surface area contributed by atoms with Crippen LogP contribution >= 0.6 is 0 Å². The van der Waals surface area contributed by atoms with Crippen molar-refractivity contribution in [2.45, 2.75) is 19.3 Å². The number of hydrogen-bond acceptors (Lipinski definition) is 3. The minimum atomic E-state index is -0.111. The van der Waals surface area contributed by atoms with E-state index in [0.717, 1.165) is 17.7 Å². The molecule has 1 aliphatic heterocycles. The van der Waals surface area contributed by atoms with Crippen LogP contribution in [0.1, 0.15) is 18.4 Å². The summed E-state index contributed by atoms with van der Waals surface area (Å²) in [6.45, 7) is 1.01. The van der Waals surface area contributed by atoms with Crippen LogP contribution < -0.4 is 10.6 Å². The largest absolute Gasteiger partial charge is 0.355 e. The van der Waals surface area contributed by atoms with Crippen molar-refractivity contribution in [3.05, 3.63) is 48.3 Å². The van der Waals surface area contributed by atoms with Crippen LogP contribution in [0.4, 0.5) is 0 Å². The van der Waals surface area contributed by atoms with Crippen LogP contribution in [0.15, 0.2) is 42.7 Å². The molecule has 3 rings (SSSR count). The first-order valence-corrected chi connectivity index (χ1v) is 7.86. The number of piperidine rings is 1. The maximum Gasteiger partial charge on any atom is 0.224 e. The van der Waals surface area contributed by atoms with Gasteiger partial charge < -0.3 is 10.6 Å². The van der Waals surface area contributed by atoms with Crippen LogP contribution in [-0.4, -0.2) is 34.7 Å². The number of para-hydroxylation sites is 1. The van der Waals surface area contributed by atoms with E-state index in [9.17, 15) is 9.59 Å². The molecule has 2 amide bonds. The summed E-state index contributed by atoms with van der Waals surface area (Å²) in [7, 11) is 0. The summed E-state index contributed by atoms with van der Waals surface area (Å²) in [6, 6.07) is 9.91. The third-order valence-electron chi connectivity index (χ3n) is 4.01. The third kappa shape index (κ3) is 3.97. The Balaban J connectivity index is 1.47. The summed E-state index contributed by atoms with van der Waals surface area (Å²) in [5, 5.41) is 10.0. The highest BCUT2D eigenvalue weighted by Crippen LogP contribution is 2.11. The lowest BCUT2D eigenvalue weighted by Gasteiger charge is -2.21. The van der Waals surface area contributed by atoms with Gasteiger partial charge in [-0.3, -0.25) is 9.59 Å². The topological polar surface area (TPSA) is 76.0 Å². The van der Waals surface area contributed by atoms with E-state index in [1.807, 2.05) is 47.4 Å². The number of rotatable bonds is 5. The molecule has 1 fully saturated rings. The molecule has 1 aromatic heterocycles. The minimum Gasteiger partial charge on any atom is -0.355 e. The minimum absolute atomic E-state index is 0.0143. The normalized spacial score (nSPS) is 17.6. The highest BCUT2D eigenvalue weighted by Gasteiger charge is 2.23. The Labute approximate surface area is 134 Å². The van der Waals surface area contributed by atoms with E-state index >= 15 is 0 Å². The predicted molar refractivity (Wildman–Crippen MR) is 86.0 cm³/mol. The highest BCUT2D eigenvalue weighted by molar-refractivity contribution is 5.83. The molecular weight excluding hydrogens is 292 g/mol. The summed E-state index contributed by atoms with van der Waals surface area (Å²) in [5.41, 5.74) is 2.09. The zero-order valence-corrected chi connectivity index (χ0v) is 12.9. The number of carbonyl (C=O) groups is 2. The predicted octanol–water partition coefficient (Wildman–Crippen LogP) is 1.06. The van der Waals surface area contributed by atoms with Gasteiger partial charge in [-0.25, -0.2) is 4.68 Å². The van der Waals surface area contributed by atoms with Crippen LogP contribution in [0.25, 0.3) is 5.69 Å². The number of hydrogen-bond donors (Lipinski definition) is 2. The fourth-order valence-electron chi connectivity index (χ4n) is 2.64. The second-order valence-corrected chi connectivity index (χ2v) is 5.71. The van der Waals surface area contributed by atoms with Crippen molar-refractivity contribution in [2.75, 3.05) is 13.1 Å². The smallest absolute Gasteiger partial charge is 0.224 e. The molecule has 1 atom stereocenters. The van der Waals surface area contributed by atoms with Gasteiger partial charge in [0.1, 0.15) is 0 Å². The molecule has 1 aliphatic rings. The molecule has 0 bridgehead atoms. The zero-order valence-electron chi connectivity index (χ0n) is 12.9. The molecule has 2 heterocycles. The third-order valence-corrected chi connectivity index (χ3v) is 4.01. The molecule has 1 saturated heterocycles. The van der Waals surface area contributed by atoms with Crippen molar-refractivity contribution >= 4 is 11.8 Å². The van der Waals surface area contributed by atoms with Crippen molar-refractivity contribution in [3.63, 3.8) is 0 Å². The van der Waals surface area contributed by atoms with Crippen LogP contribution in [0.3, 0.4) is 0 Å². The standard InChI is InChI=1S/C17H20N4O2/c22-16-7-6-14(11-19-16)17(23)18-9-8-13-10-20-21(12-13)15-4-2-1-3-5-15/h1-5,10,12,14H,6-9,11H2,(H,18,23)(H,19,22)/t14-/m1/s1. The fourth-order valence-corrected chi connectivity index (χ4v) is 2.64. The number of amides is 2. The molecule has 0 saturated carbocycles. The van der Waals surface area contributed by atoms with Gasteiger partial charge in [-0.05, 0) is 30.5 Å². The van der Waals surface area contributed by atoms with Crippen molar-refractivity contribution in [1.29, 1.82) is 0 Å². The Morgan fingerprint density at radius 3 is 2.91 bits per heavy atom. The summed E-state index contributed by atoms with van der Waals surface area (Å²) in [5.74, 6) is -0.0671. The van der Waals surface area contributed by atoms with Gasteiger partial charge in [-0.1, -0.05) is 18.2 Å². The van der Waals surface area contributed by atoms with E-state index in [0.29, 0.717) is 25.9 Å². The number of carbonyl (C=O) groups excluding carboxylic acids is 2. The number of nitrogens with zero attached hydrogens (tertiary/aromatic N) is 2. The first-order valence-electron chi connectivity index (χ1n) is 7.86. The highest BCUT2D eigenvalue weighted by atomic mass is 16.2. The molecule has 2 aromatic rings. The average molecular weight is 312 g/mol. The molecule has 6 heteroatoms. The van der Waals surface area contributed by atoms with Gasteiger partial charge >= 0.3 is 0 Å². The fraction of sp³-hybridized carbons (Fsp3) is 0.353. The van der Waals surface area contributed by atoms with Crippen molar-refractivity contribution < 1.29 is 9.59 Å². The van der Waals surface area contributed by atoms with Gasteiger partial charge in [0, 0.05) is 25.7 Å². The maximum atomic E-state index is 12.0. The molecule has 120 valence electrons. The van der Waals surface area contributed by atoms with Crippen LogP contribution in [-0.2, 0) is 16.0 Å². The van der Waals surface area contributed by atoms with E-state index in [1.54, 1.807) is 0 Å². The van der Waals surface area contributed by atoms with Crippen LogP contribution in [0.5, 0.6) is 0 Å². The zero-order chi connectivity index (χ0) is 16.1. The second kappa shape index (κ2) is 7.09. The summed E-state index contributed by atoms with van der Waals surface area (Å²) < 4.78 is 1.83. The molecule has 0 radical (unpaired) electrons. The Morgan fingerprint density at radius 1 is 1.35 bits per heavy atom. The van der Waals surface area contributed by atoms with E-state index in [2.05, 4.69) is 15.7 Å². The van der Waals surface area contributed by atoms with E-state index in [1.165, 1.54) is 0 Å². The van der Waals surface area contributed by atoms with E-state index in [-0.39, 0.29) is 17.7 Å². The molecule has 2 N–H and O–H groups in total. The Morgan fingerprint density at radius 2 is 2.17 bits per heavy atom. The van der Waals surface area contributed by atoms with Gasteiger partial charge in [0.25, 0.3) is 0 Å². The molecular formula is C17H20N4O2. The Kier molecular flexibility index (Phi) is 4.71. The van der Waals surface area contributed by atoms with Gasteiger partial charge in [0.2, 0.25) is 11.8 Å². The number of benzene rings is 1. The number of aromatic nitrogens is 2. The summed E-state index contributed by atoms with van der Waals surface area (Å²) in [4.78, 5) is 23.1. The lowest BCUT2D eigenvalue weighted by atomic mass is 9.98. The summed E-state index contributed by atoms with van der Waals surface area (Å²) >= 11 is 0. The molecule has 6 nitrogen and oxygen atoms in total. The van der Waals surface area contributed by atoms with Gasteiger partial charge in [0.05, 0.1) is 17.8 Å². The SMILES string of the molecule is O=C1CC[C@@H](C(=O)NCCc2cnn(-c3ccccc3)c2)CN1. The quantitative estimate of drug-likeness (QED) is 0.867. The molecule has 0 spiro atoms. The molecule has 1 aromatic carbocycles. The second-order valence-electron chi connectivity index (χ2n) is 5.71. The Hall–Kier alpha value is -2.63. The lowest BCUT2D eigenvalue weighted by molar-refractivity contribution is -0.128. The summed E-state index contributed by atoms with van der Waals surface area (Å²) in [6.07, 6.45) is 5.59. The van der Waals surface area contributed by atoms with Gasteiger partial charge in [-0.2, -0.15) is 5.10 Å². The van der Waals surface area contributed by atoms with Crippen molar-refractivity contribution in [1.82, 2.24) is 20.4 Å². The first-order chi connectivity index (χ1) is 11.2.